The number of rotatable bonds is 4. The van der Waals surface area contributed by atoms with Crippen LogP contribution in [0.25, 0.3) is 0 Å². The zero-order valence-corrected chi connectivity index (χ0v) is 26.3. The number of hydrogen-bond donors (Lipinski definition) is 6. The minimum atomic E-state index is -0.530. The standard InChI is InChI=1S/C11H21NO2.C10H17N5O2.C4H6N4.2ClH/c1-11(2,3)14-10(13)12-8-9-6-4-5-7-9;1-10(2,3)17-9(16)13-7-14-5-4-6-15(14)8(11)12;5-4(6)8-3-1-2-7-8;;/h9H,4-8H2,1-3H3,(H,12,13);4-6H,7H2,1-3H3,(H3-,11,12,13,16);1-3H,(H3,5,6);2*1H/p+1. The SMILES string of the molecule is CC(C)(C)OC(=O)NCC1CCCC1.CC(C)(C)OC(=O)NC[n+]1cccn1C(=N)N.Cl.Cl.N=C(N)n1cccn1. The number of hydrogen-bond acceptors (Lipinski definition) is 7. The number of amides is 2. The second-order valence-corrected chi connectivity index (χ2v) is 10.9. The fourth-order valence-electron chi connectivity index (χ4n) is 3.35. The topological polar surface area (TPSA) is 203 Å². The second-order valence-electron chi connectivity index (χ2n) is 10.9. The van der Waals surface area contributed by atoms with Crippen LogP contribution in [0.15, 0.2) is 36.9 Å². The van der Waals surface area contributed by atoms with E-state index in [1.54, 1.807) is 62.4 Å². The summed E-state index contributed by atoms with van der Waals surface area (Å²) in [5.74, 6) is 0.485. The van der Waals surface area contributed by atoms with E-state index in [2.05, 4.69) is 15.7 Å². The van der Waals surface area contributed by atoms with Gasteiger partial charge >= 0.3 is 12.2 Å². The number of nitrogens with one attached hydrogen (secondary N) is 4. The van der Waals surface area contributed by atoms with Crippen LogP contribution in [0.3, 0.4) is 0 Å². The minimum Gasteiger partial charge on any atom is -0.444 e. The van der Waals surface area contributed by atoms with Crippen molar-refractivity contribution in [2.24, 2.45) is 17.4 Å². The van der Waals surface area contributed by atoms with Crippen LogP contribution in [0.5, 0.6) is 0 Å². The van der Waals surface area contributed by atoms with E-state index in [1.165, 1.54) is 35.0 Å². The molecular weight excluding hydrogens is 575 g/mol. The molecule has 14 nitrogen and oxygen atoms in total. The van der Waals surface area contributed by atoms with Gasteiger partial charge in [-0.3, -0.25) is 16.1 Å². The smallest absolute Gasteiger partial charge is 0.412 e. The molecule has 0 saturated heterocycles. The predicted molar refractivity (Wildman–Crippen MR) is 162 cm³/mol. The van der Waals surface area contributed by atoms with Gasteiger partial charge in [0.15, 0.2) is 6.20 Å². The third-order valence-electron chi connectivity index (χ3n) is 4.95. The highest BCUT2D eigenvalue weighted by molar-refractivity contribution is 5.85. The van der Waals surface area contributed by atoms with E-state index >= 15 is 0 Å². The highest BCUT2D eigenvalue weighted by Gasteiger charge is 2.20. The van der Waals surface area contributed by atoms with Gasteiger partial charge in [-0.05, 0) is 66.4 Å². The highest BCUT2D eigenvalue weighted by Crippen LogP contribution is 2.23. The molecule has 2 aromatic rings. The third kappa shape index (κ3) is 18.5. The van der Waals surface area contributed by atoms with Gasteiger partial charge < -0.3 is 26.3 Å². The Morgan fingerprint density at radius 2 is 1.46 bits per heavy atom. The number of carbonyl (C=O) groups excluding carboxylic acids is 2. The number of aromatic nitrogens is 4. The molecule has 1 fully saturated rings. The van der Waals surface area contributed by atoms with E-state index in [-0.39, 0.29) is 55.1 Å². The molecule has 2 heterocycles. The largest absolute Gasteiger partial charge is 0.444 e. The van der Waals surface area contributed by atoms with Gasteiger partial charge in [0.05, 0.1) is 6.20 Å². The molecule has 0 atom stereocenters. The molecular formula is C25H47Cl2N10O4+. The summed E-state index contributed by atoms with van der Waals surface area (Å²) in [5.41, 5.74) is 9.47. The molecule has 0 aromatic carbocycles. The van der Waals surface area contributed by atoms with E-state index in [0.29, 0.717) is 5.92 Å². The quantitative estimate of drug-likeness (QED) is 0.171. The van der Waals surface area contributed by atoms with Crippen molar-refractivity contribution in [1.29, 1.82) is 10.8 Å². The first-order chi connectivity index (χ1) is 18.1. The van der Waals surface area contributed by atoms with Crippen LogP contribution in [-0.2, 0) is 16.1 Å². The summed E-state index contributed by atoms with van der Waals surface area (Å²) in [6.45, 7) is 12.0. The maximum atomic E-state index is 11.4. The maximum Gasteiger partial charge on any atom is 0.412 e. The van der Waals surface area contributed by atoms with Gasteiger partial charge in [-0.15, -0.1) is 24.8 Å². The molecule has 2 aromatic heterocycles. The van der Waals surface area contributed by atoms with Crippen LogP contribution < -0.4 is 26.8 Å². The normalized spacial score (nSPS) is 12.5. The molecule has 0 radical (unpaired) electrons. The van der Waals surface area contributed by atoms with Crippen LogP contribution in [0.4, 0.5) is 9.59 Å². The first-order valence-corrected chi connectivity index (χ1v) is 12.8. The van der Waals surface area contributed by atoms with Crippen LogP contribution in [0, 0.1) is 16.7 Å². The zero-order valence-electron chi connectivity index (χ0n) is 24.7. The van der Waals surface area contributed by atoms with Crippen LogP contribution in [-0.4, -0.2) is 56.3 Å². The molecule has 234 valence electrons. The Balaban J connectivity index is 0. The van der Waals surface area contributed by atoms with Gasteiger partial charge in [0, 0.05) is 25.0 Å². The summed E-state index contributed by atoms with van der Waals surface area (Å²) in [6, 6.07) is 3.43. The van der Waals surface area contributed by atoms with Crippen molar-refractivity contribution in [3.05, 3.63) is 36.9 Å². The van der Waals surface area contributed by atoms with Crippen molar-refractivity contribution >= 4 is 48.9 Å². The molecule has 0 bridgehead atoms. The molecule has 1 aliphatic carbocycles. The van der Waals surface area contributed by atoms with Gasteiger partial charge in [-0.2, -0.15) is 5.10 Å². The number of ether oxygens (including phenoxy) is 2. The van der Waals surface area contributed by atoms with Crippen LogP contribution in [0.2, 0.25) is 0 Å². The van der Waals surface area contributed by atoms with Gasteiger partial charge in [-0.25, -0.2) is 14.3 Å². The van der Waals surface area contributed by atoms with Crippen molar-refractivity contribution in [3.63, 3.8) is 0 Å². The Morgan fingerprint density at radius 3 is 1.88 bits per heavy atom. The van der Waals surface area contributed by atoms with Crippen molar-refractivity contribution in [2.75, 3.05) is 6.54 Å². The lowest BCUT2D eigenvalue weighted by molar-refractivity contribution is -0.766. The van der Waals surface area contributed by atoms with E-state index in [4.69, 9.17) is 31.8 Å². The van der Waals surface area contributed by atoms with E-state index in [0.717, 1.165) is 6.54 Å². The van der Waals surface area contributed by atoms with Crippen molar-refractivity contribution in [3.8, 4) is 0 Å². The Hall–Kier alpha value is -3.52. The number of halogens is 2. The van der Waals surface area contributed by atoms with E-state index in [9.17, 15) is 9.59 Å². The molecule has 3 rings (SSSR count). The summed E-state index contributed by atoms with van der Waals surface area (Å²) in [7, 11) is 0. The van der Waals surface area contributed by atoms with Gasteiger partial charge in [0.2, 0.25) is 5.96 Å². The summed E-state index contributed by atoms with van der Waals surface area (Å²) >= 11 is 0. The molecule has 1 saturated carbocycles. The van der Waals surface area contributed by atoms with Gasteiger partial charge in [0.1, 0.15) is 11.2 Å². The highest BCUT2D eigenvalue weighted by atomic mass is 35.5. The molecule has 2 amide bonds. The summed E-state index contributed by atoms with van der Waals surface area (Å²) in [6.07, 6.45) is 10.8. The molecule has 0 spiro atoms. The first-order valence-electron chi connectivity index (χ1n) is 12.8. The van der Waals surface area contributed by atoms with Crippen molar-refractivity contribution in [1.82, 2.24) is 25.1 Å². The number of nitrogen functional groups attached to an aromatic ring is 2. The van der Waals surface area contributed by atoms with Crippen LogP contribution in [0.1, 0.15) is 67.2 Å². The maximum absolute atomic E-state index is 11.4. The lowest BCUT2D eigenvalue weighted by atomic mass is 10.1. The summed E-state index contributed by atoms with van der Waals surface area (Å²) in [4.78, 5) is 22.7. The fraction of sp³-hybridized carbons (Fsp3) is 0.600. The average molecular weight is 623 g/mol. The molecule has 41 heavy (non-hydrogen) atoms. The number of nitrogens with two attached hydrogens (primary N) is 2. The van der Waals surface area contributed by atoms with Crippen LogP contribution >= 0.6 is 24.8 Å². The lowest BCUT2D eigenvalue weighted by Crippen LogP contribution is -2.53. The molecule has 0 unspecified atom stereocenters. The zero-order chi connectivity index (χ0) is 29.6. The molecule has 0 aliphatic heterocycles. The Bertz CT molecular complexity index is 1060. The van der Waals surface area contributed by atoms with E-state index < -0.39 is 11.7 Å². The average Bonchev–Trinajstić information content (AvgIpc) is 3.58. The Kier molecular flexibility index (Phi) is 18.1. The summed E-state index contributed by atoms with van der Waals surface area (Å²) < 4.78 is 14.5. The third-order valence-corrected chi connectivity index (χ3v) is 4.95. The van der Waals surface area contributed by atoms with E-state index in [1.807, 2.05) is 20.8 Å². The molecule has 8 N–H and O–H groups in total. The number of carbonyl (C=O) groups is 2. The van der Waals surface area contributed by atoms with Crippen molar-refractivity contribution in [2.45, 2.75) is 85.1 Å². The summed E-state index contributed by atoms with van der Waals surface area (Å²) in [5, 5.41) is 23.2. The monoisotopic (exact) mass is 621 g/mol. The Labute approximate surface area is 254 Å². The fourth-order valence-corrected chi connectivity index (χ4v) is 3.35. The number of nitrogens with zero attached hydrogens (tertiary/aromatic N) is 4. The molecule has 1 aliphatic rings. The second kappa shape index (κ2) is 18.8. The van der Waals surface area contributed by atoms with Gasteiger partial charge in [-0.1, -0.05) is 22.2 Å². The van der Waals surface area contributed by atoms with Gasteiger partial charge in [0.25, 0.3) is 12.6 Å². The predicted octanol–water partition coefficient (Wildman–Crippen LogP) is 3.17. The Morgan fingerprint density at radius 1 is 0.927 bits per heavy atom. The minimum absolute atomic E-state index is 0. The number of alkyl carbamates (subject to hydrolysis) is 2. The lowest BCUT2D eigenvalue weighted by Gasteiger charge is -2.20. The molecule has 16 heteroatoms. The van der Waals surface area contributed by atoms with Crippen molar-refractivity contribution < 1.29 is 23.7 Å². The first kappa shape index (κ1) is 39.6.